The molecule has 0 aliphatic carbocycles. The average Bonchev–Trinajstić information content (AvgIpc) is 2.38. The summed E-state index contributed by atoms with van der Waals surface area (Å²) in [6.45, 7) is 1.90. The second-order valence-corrected chi connectivity index (χ2v) is 4.80. The van der Waals surface area contributed by atoms with Gasteiger partial charge in [-0.1, -0.05) is 0 Å². The van der Waals surface area contributed by atoms with Crippen molar-refractivity contribution in [3.05, 3.63) is 18.0 Å². The monoisotopic (exact) mass is 278 g/mol. The second kappa shape index (κ2) is 5.76. The smallest absolute Gasteiger partial charge is 0.242 e. The molecule has 0 aliphatic heterocycles. The van der Waals surface area contributed by atoms with E-state index in [1.165, 1.54) is 11.8 Å². The minimum Gasteiger partial charge on any atom is -0.347 e. The lowest BCUT2D eigenvalue weighted by atomic mass is 10.5. The van der Waals surface area contributed by atoms with Crippen LogP contribution in [0.3, 0.4) is 0 Å². The molecule has 0 radical (unpaired) electrons. The van der Waals surface area contributed by atoms with Crippen molar-refractivity contribution >= 4 is 23.7 Å². The van der Waals surface area contributed by atoms with Gasteiger partial charge in [-0.15, -0.1) is 0 Å². The van der Waals surface area contributed by atoms with Gasteiger partial charge in [0.25, 0.3) is 0 Å². The Balaban J connectivity index is 2.31. The van der Waals surface area contributed by atoms with Gasteiger partial charge in [-0.3, -0.25) is 5.43 Å². The van der Waals surface area contributed by atoms with E-state index in [1.807, 2.05) is 27.1 Å². The van der Waals surface area contributed by atoms with Crippen LogP contribution in [0.1, 0.15) is 5.69 Å². The van der Waals surface area contributed by atoms with Crippen LogP contribution in [0.25, 0.3) is 0 Å². The molecule has 0 amide bonds. The lowest BCUT2D eigenvalue weighted by Gasteiger charge is -2.11. The van der Waals surface area contributed by atoms with Gasteiger partial charge in [0, 0.05) is 26.0 Å². The number of hydrogen-bond donors (Lipinski definition) is 2. The van der Waals surface area contributed by atoms with Crippen molar-refractivity contribution in [2.45, 2.75) is 17.2 Å². The fourth-order valence-electron chi connectivity index (χ4n) is 1.21. The van der Waals surface area contributed by atoms with Gasteiger partial charge in [0.05, 0.1) is 0 Å². The van der Waals surface area contributed by atoms with Crippen LogP contribution in [0.5, 0.6) is 0 Å². The van der Waals surface area contributed by atoms with Crippen LogP contribution in [0.4, 0.5) is 11.9 Å². The fourth-order valence-corrected chi connectivity index (χ4v) is 1.94. The zero-order chi connectivity index (χ0) is 13.8. The Morgan fingerprint density at radius 2 is 1.95 bits per heavy atom. The summed E-state index contributed by atoms with van der Waals surface area (Å²) in [5, 5.41) is 1.07. The van der Waals surface area contributed by atoms with E-state index in [4.69, 9.17) is 5.84 Å². The first kappa shape index (κ1) is 13.4. The van der Waals surface area contributed by atoms with E-state index in [0.717, 1.165) is 5.69 Å². The quantitative estimate of drug-likeness (QED) is 0.469. The molecule has 2 aromatic rings. The summed E-state index contributed by atoms with van der Waals surface area (Å²) < 4.78 is 0. The van der Waals surface area contributed by atoms with Crippen molar-refractivity contribution in [1.82, 2.24) is 24.9 Å². The maximum Gasteiger partial charge on any atom is 0.242 e. The highest BCUT2D eigenvalue weighted by Gasteiger charge is 2.10. The fraction of sp³-hybridized carbons (Fsp3) is 0.300. The number of aromatic nitrogens is 5. The number of aryl methyl sites for hydroxylation is 1. The molecular weight excluding hydrogens is 264 g/mol. The van der Waals surface area contributed by atoms with Crippen LogP contribution in [0, 0.1) is 6.92 Å². The summed E-state index contributed by atoms with van der Waals surface area (Å²) in [5.41, 5.74) is 3.30. The minimum absolute atomic E-state index is 0.300. The molecule has 0 saturated heterocycles. The van der Waals surface area contributed by atoms with E-state index in [2.05, 4.69) is 30.3 Å². The van der Waals surface area contributed by atoms with Gasteiger partial charge < -0.3 is 4.90 Å². The lowest BCUT2D eigenvalue weighted by Crippen LogP contribution is -2.17. The van der Waals surface area contributed by atoms with Crippen molar-refractivity contribution in [1.29, 1.82) is 0 Å². The van der Waals surface area contributed by atoms with Crippen LogP contribution < -0.4 is 16.2 Å². The number of rotatable bonds is 4. The molecule has 0 unspecified atom stereocenters. The Bertz CT molecular complexity index is 573. The predicted octanol–water partition coefficient (Wildman–Crippen LogP) is 0.473. The highest BCUT2D eigenvalue weighted by Crippen LogP contribution is 2.22. The summed E-state index contributed by atoms with van der Waals surface area (Å²) in [6, 6.07) is 1.83. The molecule has 2 aromatic heterocycles. The first-order valence-electron chi connectivity index (χ1n) is 5.46. The Labute approximate surface area is 114 Å². The van der Waals surface area contributed by atoms with Gasteiger partial charge in [0.2, 0.25) is 17.1 Å². The van der Waals surface area contributed by atoms with E-state index in [1.54, 1.807) is 11.1 Å². The zero-order valence-corrected chi connectivity index (χ0v) is 11.6. The highest BCUT2D eigenvalue weighted by molar-refractivity contribution is 7.99. The van der Waals surface area contributed by atoms with Gasteiger partial charge in [-0.25, -0.2) is 15.8 Å². The summed E-state index contributed by atoms with van der Waals surface area (Å²) in [4.78, 5) is 22.8. The number of nitrogens with zero attached hydrogens (tertiary/aromatic N) is 6. The number of anilines is 2. The Kier molecular flexibility index (Phi) is 4.07. The number of nitrogen functional groups attached to an aromatic ring is 1. The van der Waals surface area contributed by atoms with Crippen LogP contribution in [0.2, 0.25) is 0 Å². The Hall–Kier alpha value is -2.00. The SMILES string of the molecule is Cc1ccnc(Sc2nc(NN)nc(N(C)C)n2)n1. The molecule has 3 N–H and O–H groups in total. The molecule has 100 valence electrons. The predicted molar refractivity (Wildman–Crippen MR) is 72.9 cm³/mol. The van der Waals surface area contributed by atoms with Crippen molar-refractivity contribution in [2.75, 3.05) is 24.4 Å². The molecule has 0 bridgehead atoms. The molecule has 0 saturated carbocycles. The second-order valence-electron chi connectivity index (χ2n) is 3.86. The van der Waals surface area contributed by atoms with Gasteiger partial charge in [0.15, 0.2) is 5.16 Å². The van der Waals surface area contributed by atoms with Gasteiger partial charge in [0.1, 0.15) is 0 Å². The van der Waals surface area contributed by atoms with Gasteiger partial charge >= 0.3 is 0 Å². The third-order valence-electron chi connectivity index (χ3n) is 2.09. The molecule has 2 heterocycles. The lowest BCUT2D eigenvalue weighted by molar-refractivity contribution is 0.855. The number of nitrogens with one attached hydrogen (secondary N) is 1. The van der Waals surface area contributed by atoms with E-state index in [9.17, 15) is 0 Å². The molecule has 19 heavy (non-hydrogen) atoms. The maximum atomic E-state index is 5.34. The Morgan fingerprint density at radius 3 is 2.58 bits per heavy atom. The summed E-state index contributed by atoms with van der Waals surface area (Å²) in [5.74, 6) is 6.16. The number of hydrazine groups is 1. The van der Waals surface area contributed by atoms with Crippen LogP contribution in [-0.2, 0) is 0 Å². The van der Waals surface area contributed by atoms with Crippen molar-refractivity contribution < 1.29 is 0 Å². The van der Waals surface area contributed by atoms with E-state index >= 15 is 0 Å². The molecule has 8 nitrogen and oxygen atoms in total. The summed E-state index contributed by atoms with van der Waals surface area (Å²) in [6.07, 6.45) is 1.70. The van der Waals surface area contributed by atoms with Gasteiger partial charge in [-0.2, -0.15) is 15.0 Å². The topological polar surface area (TPSA) is 106 Å². The van der Waals surface area contributed by atoms with Crippen LogP contribution in [0.15, 0.2) is 22.6 Å². The van der Waals surface area contributed by atoms with Crippen LogP contribution in [-0.4, -0.2) is 39.0 Å². The average molecular weight is 278 g/mol. The van der Waals surface area contributed by atoms with Crippen molar-refractivity contribution in [2.24, 2.45) is 5.84 Å². The van der Waals surface area contributed by atoms with E-state index in [0.29, 0.717) is 22.2 Å². The third kappa shape index (κ3) is 3.48. The summed E-state index contributed by atoms with van der Waals surface area (Å²) in [7, 11) is 3.68. The van der Waals surface area contributed by atoms with Gasteiger partial charge in [-0.05, 0) is 24.8 Å². The number of nitrogens with two attached hydrogens (primary N) is 1. The Morgan fingerprint density at radius 1 is 1.16 bits per heavy atom. The minimum atomic E-state index is 0.300. The maximum absolute atomic E-state index is 5.34. The first-order chi connectivity index (χ1) is 9.08. The molecule has 0 fully saturated rings. The molecule has 2 rings (SSSR count). The summed E-state index contributed by atoms with van der Waals surface area (Å²) >= 11 is 1.26. The highest BCUT2D eigenvalue weighted by atomic mass is 32.2. The normalized spacial score (nSPS) is 10.3. The molecular formula is C10H14N8S. The van der Waals surface area contributed by atoms with Crippen molar-refractivity contribution in [3.8, 4) is 0 Å². The standard InChI is InChI=1S/C10H14N8S/c1-6-4-5-12-9(13-6)19-10-15-7(17-11)14-8(16-10)18(2)3/h4-5H,11H2,1-3H3,(H,14,15,16,17). The molecule has 0 atom stereocenters. The number of hydrogen-bond acceptors (Lipinski definition) is 9. The largest absolute Gasteiger partial charge is 0.347 e. The molecule has 0 aromatic carbocycles. The van der Waals surface area contributed by atoms with Crippen LogP contribution >= 0.6 is 11.8 Å². The van der Waals surface area contributed by atoms with E-state index in [-0.39, 0.29) is 0 Å². The first-order valence-corrected chi connectivity index (χ1v) is 6.27. The molecule has 0 spiro atoms. The van der Waals surface area contributed by atoms with Crippen molar-refractivity contribution in [3.63, 3.8) is 0 Å². The zero-order valence-electron chi connectivity index (χ0n) is 10.8. The van der Waals surface area contributed by atoms with E-state index < -0.39 is 0 Å². The molecule has 0 aliphatic rings. The molecule has 9 heteroatoms. The third-order valence-corrected chi connectivity index (χ3v) is 2.83.